The molecule has 260 valence electrons. The molecule has 5 heterocycles. The van der Waals surface area contributed by atoms with Gasteiger partial charge in [-0.1, -0.05) is 12.1 Å². The summed E-state index contributed by atoms with van der Waals surface area (Å²) in [6, 6.07) is 8.58. The number of nitrogens with two attached hydrogens (primary N) is 1. The van der Waals surface area contributed by atoms with Gasteiger partial charge < -0.3 is 19.9 Å². The molecule has 0 amide bonds. The smallest absolute Gasteiger partial charge is 0.417 e. The van der Waals surface area contributed by atoms with Gasteiger partial charge in [-0.3, -0.25) is 9.69 Å². The molecule has 2 aromatic carbocycles. The monoisotopic (exact) mass is 713 g/mol. The number of anilines is 2. The van der Waals surface area contributed by atoms with Gasteiger partial charge in [-0.2, -0.15) is 28.4 Å². The van der Waals surface area contributed by atoms with Gasteiger partial charge >= 0.3 is 12.2 Å². The Morgan fingerprint density at radius 1 is 1.22 bits per heavy atom. The summed E-state index contributed by atoms with van der Waals surface area (Å²) in [5.41, 5.74) is 1.89. The molecule has 0 spiro atoms. The predicted molar refractivity (Wildman–Crippen MR) is 177 cm³/mol. The molecule has 9 nitrogen and oxygen atoms in total. The van der Waals surface area contributed by atoms with E-state index in [1.54, 1.807) is 6.07 Å². The van der Waals surface area contributed by atoms with E-state index in [1.165, 1.54) is 35.7 Å². The van der Waals surface area contributed by atoms with E-state index in [0.717, 1.165) is 18.6 Å². The van der Waals surface area contributed by atoms with Crippen LogP contribution in [0.25, 0.3) is 32.1 Å². The number of alkyl halides is 4. The van der Waals surface area contributed by atoms with Crippen LogP contribution in [0.2, 0.25) is 0 Å². The second-order valence-corrected chi connectivity index (χ2v) is 13.8. The quantitative estimate of drug-likeness (QED) is 0.189. The average molecular weight is 714 g/mol. The first-order valence-corrected chi connectivity index (χ1v) is 16.4. The fourth-order valence-electron chi connectivity index (χ4n) is 7.27. The van der Waals surface area contributed by atoms with Crippen LogP contribution < -0.4 is 20.9 Å². The minimum atomic E-state index is -5.13. The Kier molecular flexibility index (Phi) is 8.18. The summed E-state index contributed by atoms with van der Waals surface area (Å²) < 4.78 is 98.4. The number of hydrogen-bond donors (Lipinski definition) is 1. The van der Waals surface area contributed by atoms with E-state index < -0.39 is 51.7 Å². The fourth-order valence-corrected chi connectivity index (χ4v) is 8.22. The summed E-state index contributed by atoms with van der Waals surface area (Å²) in [7, 11) is 3.05. The number of nitrogen functional groups attached to an aromatic ring is 1. The van der Waals surface area contributed by atoms with Gasteiger partial charge in [0, 0.05) is 55.2 Å². The summed E-state index contributed by atoms with van der Waals surface area (Å²) in [5.74, 6) is -2.37. The van der Waals surface area contributed by atoms with Gasteiger partial charge in [0.2, 0.25) is 0 Å². The molecule has 2 atom stereocenters. The lowest BCUT2D eigenvalue weighted by Gasteiger charge is -2.31. The Labute approximate surface area is 285 Å². The first kappa shape index (κ1) is 33.6. The van der Waals surface area contributed by atoms with E-state index in [1.807, 2.05) is 11.0 Å². The molecule has 2 aliphatic heterocycles. The molecule has 2 aliphatic rings. The van der Waals surface area contributed by atoms with Crippen molar-refractivity contribution < 1.29 is 31.1 Å². The topological polar surface area (TPSA) is 113 Å². The van der Waals surface area contributed by atoms with Gasteiger partial charge in [-0.25, -0.2) is 13.2 Å². The number of nitriles is 1. The van der Waals surface area contributed by atoms with Crippen molar-refractivity contribution in [3.05, 3.63) is 75.2 Å². The van der Waals surface area contributed by atoms with Crippen molar-refractivity contribution in [2.45, 2.75) is 43.7 Å². The third-order valence-corrected chi connectivity index (χ3v) is 10.7. The van der Waals surface area contributed by atoms with E-state index in [2.05, 4.69) is 9.97 Å². The number of nitrogens with zero attached hydrogens (tertiary/aromatic N) is 6. The molecule has 2 unspecified atom stereocenters. The van der Waals surface area contributed by atoms with Crippen LogP contribution in [0.1, 0.15) is 36.1 Å². The number of aromatic nitrogens is 3. The molecule has 7 rings (SSSR count). The second-order valence-electron chi connectivity index (χ2n) is 12.7. The van der Waals surface area contributed by atoms with E-state index in [0.29, 0.717) is 36.1 Å². The van der Waals surface area contributed by atoms with Crippen LogP contribution in [0.15, 0.2) is 41.2 Å². The Morgan fingerprint density at radius 2 is 2.00 bits per heavy atom. The molecule has 0 aliphatic carbocycles. The number of pyridine rings is 1. The van der Waals surface area contributed by atoms with Crippen LogP contribution in [0, 0.1) is 23.0 Å². The van der Waals surface area contributed by atoms with Gasteiger partial charge in [0.05, 0.1) is 27.9 Å². The Bertz CT molecular complexity index is 2280. The van der Waals surface area contributed by atoms with Gasteiger partial charge in [-0.15, -0.1) is 11.3 Å². The van der Waals surface area contributed by atoms with Gasteiger partial charge in [0.1, 0.15) is 41.0 Å². The van der Waals surface area contributed by atoms with Crippen LogP contribution in [0.4, 0.5) is 37.2 Å². The number of hydrogen-bond acceptors (Lipinski definition) is 9. The van der Waals surface area contributed by atoms with Crippen molar-refractivity contribution in [3.63, 3.8) is 0 Å². The van der Waals surface area contributed by atoms with Crippen LogP contribution in [-0.2, 0) is 19.8 Å². The molecule has 50 heavy (non-hydrogen) atoms. The van der Waals surface area contributed by atoms with E-state index in [4.69, 9.17) is 10.5 Å². The predicted octanol–water partition coefficient (Wildman–Crippen LogP) is 6.55. The summed E-state index contributed by atoms with van der Waals surface area (Å²) in [6.45, 7) is 0.854. The largest absolute Gasteiger partial charge is 0.461 e. The maximum Gasteiger partial charge on any atom is 0.417 e. The number of rotatable bonds is 7. The van der Waals surface area contributed by atoms with Gasteiger partial charge in [0.15, 0.2) is 5.82 Å². The molecule has 0 saturated carbocycles. The summed E-state index contributed by atoms with van der Waals surface area (Å²) >= 11 is 0.668. The molecule has 0 bridgehead atoms. The minimum absolute atomic E-state index is 0.0254. The molecule has 3 aromatic heterocycles. The van der Waals surface area contributed by atoms with E-state index in [-0.39, 0.29) is 69.5 Å². The van der Waals surface area contributed by atoms with Crippen molar-refractivity contribution >= 4 is 43.1 Å². The minimum Gasteiger partial charge on any atom is -0.461 e. The Morgan fingerprint density at radius 3 is 2.74 bits per heavy atom. The van der Waals surface area contributed by atoms with Crippen LogP contribution >= 0.6 is 11.3 Å². The zero-order valence-corrected chi connectivity index (χ0v) is 27.6. The fraction of sp³-hybridized carbons (Fsp3) is 0.353. The van der Waals surface area contributed by atoms with Gasteiger partial charge in [0.25, 0.3) is 5.56 Å². The number of benzene rings is 2. The molecule has 16 heteroatoms. The Balaban J connectivity index is 1.46. The lowest BCUT2D eigenvalue weighted by atomic mass is 9.92. The third kappa shape index (κ3) is 5.48. The standard InChI is InChI=1S/C34H29F6N7O2S/c1-45(15-18-5-3-6-24(48)46(18)2)31-20-11-22(34(38,39)40)26(19-7-8-23(36)29-25(19)21(13-41)30(42)50-29)27(37)28(20)43-32(44-31)49-16-33-9-4-10-47(33)14-17(35)12-33/h3,5-8,11,17H,4,9-10,12,14-16,42H2,1-2H3. The van der Waals surface area contributed by atoms with Crippen LogP contribution in [-0.4, -0.2) is 57.9 Å². The number of thiophene rings is 1. The third-order valence-electron chi connectivity index (χ3n) is 9.68. The molecular weight excluding hydrogens is 684 g/mol. The first-order chi connectivity index (χ1) is 23.7. The Hall–Kier alpha value is -4.88. The maximum absolute atomic E-state index is 17.0. The highest BCUT2D eigenvalue weighted by Gasteiger charge is 2.49. The van der Waals surface area contributed by atoms with Crippen molar-refractivity contribution in [2.24, 2.45) is 7.05 Å². The zero-order chi connectivity index (χ0) is 35.7. The van der Waals surface area contributed by atoms with Crippen molar-refractivity contribution in [1.82, 2.24) is 19.4 Å². The average Bonchev–Trinajstić information content (AvgIpc) is 3.71. The van der Waals surface area contributed by atoms with Crippen molar-refractivity contribution in [1.29, 1.82) is 5.26 Å². The van der Waals surface area contributed by atoms with Gasteiger partial charge in [-0.05, 0) is 43.1 Å². The van der Waals surface area contributed by atoms with E-state index >= 15 is 4.39 Å². The molecule has 2 N–H and O–H groups in total. The molecule has 2 saturated heterocycles. The number of ether oxygens (including phenoxy) is 1. The highest BCUT2D eigenvalue weighted by molar-refractivity contribution is 7.23. The maximum atomic E-state index is 17.0. The highest BCUT2D eigenvalue weighted by Crippen LogP contribution is 2.48. The van der Waals surface area contributed by atoms with Crippen molar-refractivity contribution in [2.75, 3.05) is 37.4 Å². The zero-order valence-electron chi connectivity index (χ0n) is 26.7. The normalized spacial score (nSPS) is 19.3. The molecular formula is C34H29F6N7O2S. The highest BCUT2D eigenvalue weighted by atomic mass is 32.1. The summed E-state index contributed by atoms with van der Waals surface area (Å²) in [4.78, 5) is 24.5. The molecule has 2 fully saturated rings. The summed E-state index contributed by atoms with van der Waals surface area (Å²) in [6.07, 6.45) is -4.51. The lowest BCUT2D eigenvalue weighted by molar-refractivity contribution is -0.137. The molecule has 5 aromatic rings. The first-order valence-electron chi connectivity index (χ1n) is 15.6. The lowest BCUT2D eigenvalue weighted by Crippen LogP contribution is -2.43. The number of halogens is 6. The second kappa shape index (κ2) is 12.2. The van der Waals surface area contributed by atoms with Crippen LogP contribution in [0.5, 0.6) is 6.01 Å². The SMILES string of the molecule is CN(Cc1cccc(=O)n1C)c1nc(OCC23CCCN2CC(F)C3)nc2c(F)c(-c3ccc(F)c4sc(N)c(C#N)c34)c(C(F)(F)F)cc12. The molecule has 0 radical (unpaired) electrons. The number of fused-ring (bicyclic) bond motifs is 3. The van der Waals surface area contributed by atoms with Crippen LogP contribution in [0.3, 0.4) is 0 Å². The van der Waals surface area contributed by atoms with Crippen molar-refractivity contribution in [3.8, 4) is 23.2 Å². The summed E-state index contributed by atoms with van der Waals surface area (Å²) in [5, 5.41) is 9.10. The van der Waals surface area contributed by atoms with E-state index in [9.17, 15) is 32.0 Å².